The van der Waals surface area contributed by atoms with Crippen LogP contribution in [0, 0.1) is 23.0 Å². The van der Waals surface area contributed by atoms with Crippen molar-refractivity contribution < 1.29 is 40.6 Å². The molecule has 5 atom stereocenters. The number of hydrogen-bond donors (Lipinski definition) is 1. The Hall–Kier alpha value is -4.40. The number of rotatable bonds is 8. The summed E-state index contributed by atoms with van der Waals surface area (Å²) in [6, 6.07) is 3.56. The van der Waals surface area contributed by atoms with Crippen molar-refractivity contribution in [2.24, 2.45) is 0 Å². The highest BCUT2D eigenvalue weighted by Crippen LogP contribution is 2.48. The number of fused-ring (bicyclic) bond motifs is 3. The van der Waals surface area contributed by atoms with Gasteiger partial charge in [-0.15, -0.1) is 11.3 Å². The standard InChI is InChI=1S/C37H37F6N7O3S/c1-3-49(20-11-18(2)50(16-20)34(51)26-7-10-52-26)33-22-12-24(37(41,42)43)28(21-5-6-25(39)31-27(21)23(14-44)32(45)54-31)29(40)30(22)46-35(47-33)53-17-36-8-4-9-48(36)15-19(38)13-36/h5-6,12,18-20,26H,3-4,7-11,13,15-17,45H2,1-2H3. The third-order valence-corrected chi connectivity index (χ3v) is 12.5. The molecule has 4 aliphatic heterocycles. The Morgan fingerprint density at radius 2 is 2.04 bits per heavy atom. The first kappa shape index (κ1) is 36.6. The van der Waals surface area contributed by atoms with Crippen LogP contribution in [-0.4, -0.2) is 95.0 Å². The number of amides is 1. The maximum Gasteiger partial charge on any atom is 0.417 e. The minimum absolute atomic E-state index is 0.0258. The molecule has 4 aromatic rings. The number of thiophene rings is 1. The molecule has 0 spiro atoms. The average Bonchev–Trinajstić information content (AvgIpc) is 3.84. The first-order valence-corrected chi connectivity index (χ1v) is 18.8. The second-order valence-corrected chi connectivity index (χ2v) is 15.7. The van der Waals surface area contributed by atoms with E-state index in [-0.39, 0.29) is 88.0 Å². The Morgan fingerprint density at radius 1 is 1.26 bits per heavy atom. The van der Waals surface area contributed by atoms with Crippen LogP contribution in [0.3, 0.4) is 0 Å². The molecule has 1 amide bonds. The molecule has 0 saturated carbocycles. The van der Waals surface area contributed by atoms with Gasteiger partial charge in [0.15, 0.2) is 5.82 Å². The SMILES string of the molecule is CCN(c1nc(OCC23CCCN2CC(F)C3)nc2c(F)c(-c3ccc(F)c4sc(N)c(C#N)c34)c(C(F)(F)F)cc12)C1CC(C)N(C(=O)C2CCO2)C1. The predicted molar refractivity (Wildman–Crippen MR) is 190 cm³/mol. The van der Waals surface area contributed by atoms with Crippen LogP contribution in [0.2, 0.25) is 0 Å². The number of benzene rings is 2. The van der Waals surface area contributed by atoms with Gasteiger partial charge < -0.3 is 25.0 Å². The van der Waals surface area contributed by atoms with Crippen molar-refractivity contribution in [3.05, 3.63) is 41.0 Å². The first-order chi connectivity index (χ1) is 25.7. The molecule has 8 rings (SSSR count). The zero-order valence-electron chi connectivity index (χ0n) is 29.5. The van der Waals surface area contributed by atoms with Crippen LogP contribution in [0.15, 0.2) is 18.2 Å². The van der Waals surface area contributed by atoms with Crippen molar-refractivity contribution in [2.45, 2.75) is 82.0 Å². The van der Waals surface area contributed by atoms with Gasteiger partial charge in [0.1, 0.15) is 47.1 Å². The smallest absolute Gasteiger partial charge is 0.417 e. The normalized spacial score (nSPS) is 25.6. The number of carbonyl (C=O) groups is 1. The van der Waals surface area contributed by atoms with E-state index in [9.17, 15) is 14.4 Å². The van der Waals surface area contributed by atoms with Gasteiger partial charge in [0.2, 0.25) is 0 Å². The molecular weight excluding hydrogens is 737 g/mol. The molecule has 4 aliphatic rings. The van der Waals surface area contributed by atoms with Gasteiger partial charge in [0, 0.05) is 60.9 Å². The van der Waals surface area contributed by atoms with Crippen LogP contribution >= 0.6 is 11.3 Å². The number of aromatic nitrogens is 2. The third kappa shape index (κ3) is 5.88. The number of likely N-dealkylation sites (tertiary alicyclic amines) is 1. The maximum absolute atomic E-state index is 17.3. The van der Waals surface area contributed by atoms with Crippen molar-refractivity contribution >= 4 is 49.1 Å². The predicted octanol–water partition coefficient (Wildman–Crippen LogP) is 6.82. The van der Waals surface area contributed by atoms with E-state index < -0.39 is 58.3 Å². The molecule has 4 fully saturated rings. The first-order valence-electron chi connectivity index (χ1n) is 18.0. The minimum Gasteiger partial charge on any atom is -0.461 e. The molecule has 6 heterocycles. The largest absolute Gasteiger partial charge is 0.461 e. The number of nitrogens with two attached hydrogens (primary N) is 1. The molecule has 10 nitrogen and oxygen atoms in total. The van der Waals surface area contributed by atoms with Gasteiger partial charge in [0.25, 0.3) is 5.91 Å². The number of nitriles is 1. The lowest BCUT2D eigenvalue weighted by Crippen LogP contribution is -2.48. The lowest BCUT2D eigenvalue weighted by molar-refractivity contribution is -0.156. The van der Waals surface area contributed by atoms with Crippen LogP contribution < -0.4 is 15.4 Å². The zero-order valence-corrected chi connectivity index (χ0v) is 30.3. The minimum atomic E-state index is -5.13. The van der Waals surface area contributed by atoms with Crippen molar-refractivity contribution in [3.63, 3.8) is 0 Å². The van der Waals surface area contributed by atoms with Gasteiger partial charge in [-0.25, -0.2) is 13.2 Å². The summed E-state index contributed by atoms with van der Waals surface area (Å²) in [5, 5.41) is 9.26. The summed E-state index contributed by atoms with van der Waals surface area (Å²) in [5.41, 5.74) is 1.89. The summed E-state index contributed by atoms with van der Waals surface area (Å²) in [6.07, 6.45) is -3.99. The number of hydrogen-bond acceptors (Lipinski definition) is 10. The Balaban J connectivity index is 1.31. The van der Waals surface area contributed by atoms with E-state index in [1.807, 2.05) is 17.9 Å². The lowest BCUT2D eigenvalue weighted by atomic mass is 9.92. The van der Waals surface area contributed by atoms with E-state index in [4.69, 9.17) is 15.2 Å². The van der Waals surface area contributed by atoms with Crippen LogP contribution in [-0.2, 0) is 15.7 Å². The molecule has 2 N–H and O–H groups in total. The number of alkyl halides is 4. The van der Waals surface area contributed by atoms with Crippen molar-refractivity contribution in [2.75, 3.05) is 50.0 Å². The number of halogens is 6. The van der Waals surface area contributed by atoms with Gasteiger partial charge in [0.05, 0.1) is 28.0 Å². The summed E-state index contributed by atoms with van der Waals surface area (Å²) in [4.78, 5) is 27.7. The number of carbonyl (C=O) groups excluding carboxylic acids is 1. The Labute approximate surface area is 310 Å². The van der Waals surface area contributed by atoms with Crippen LogP contribution in [0.4, 0.5) is 37.2 Å². The summed E-state index contributed by atoms with van der Waals surface area (Å²) in [7, 11) is 0. The monoisotopic (exact) mass is 773 g/mol. The zero-order chi connectivity index (χ0) is 38.3. The van der Waals surface area contributed by atoms with Gasteiger partial charge in [-0.2, -0.15) is 28.4 Å². The number of anilines is 2. The summed E-state index contributed by atoms with van der Waals surface area (Å²) in [6.45, 7) is 5.50. The molecule has 17 heteroatoms. The number of nitrogens with zero attached hydrogens (tertiary/aromatic N) is 6. The third-order valence-electron chi connectivity index (χ3n) is 11.5. The van der Waals surface area contributed by atoms with Crippen LogP contribution in [0.1, 0.15) is 57.1 Å². The van der Waals surface area contributed by atoms with E-state index in [1.165, 1.54) is 0 Å². The van der Waals surface area contributed by atoms with E-state index in [0.29, 0.717) is 43.8 Å². The van der Waals surface area contributed by atoms with E-state index in [2.05, 4.69) is 9.97 Å². The second kappa shape index (κ2) is 13.4. The second-order valence-electron chi connectivity index (χ2n) is 14.6. The molecule has 54 heavy (non-hydrogen) atoms. The lowest BCUT2D eigenvalue weighted by Gasteiger charge is -2.33. The van der Waals surface area contributed by atoms with E-state index in [1.54, 1.807) is 16.7 Å². The molecular formula is C37H37F6N7O3S. The molecule has 0 radical (unpaired) electrons. The van der Waals surface area contributed by atoms with Crippen molar-refractivity contribution in [1.82, 2.24) is 19.8 Å². The van der Waals surface area contributed by atoms with Crippen LogP contribution in [0.25, 0.3) is 32.1 Å². The fraction of sp³-hybridized carbons (Fsp3) is 0.514. The highest BCUT2D eigenvalue weighted by atomic mass is 32.1. The van der Waals surface area contributed by atoms with Crippen LogP contribution in [0.5, 0.6) is 6.01 Å². The Bertz CT molecular complexity index is 2210. The van der Waals surface area contributed by atoms with Gasteiger partial charge >= 0.3 is 12.2 Å². The molecule has 286 valence electrons. The van der Waals surface area contributed by atoms with Gasteiger partial charge in [-0.05, 0) is 57.4 Å². The van der Waals surface area contributed by atoms with Crippen molar-refractivity contribution in [3.8, 4) is 23.2 Å². The van der Waals surface area contributed by atoms with E-state index >= 15 is 22.0 Å². The Kier molecular flexibility index (Phi) is 9.08. The molecule has 2 aromatic carbocycles. The van der Waals surface area contributed by atoms with Gasteiger partial charge in [-0.3, -0.25) is 9.69 Å². The molecule has 0 bridgehead atoms. The summed E-state index contributed by atoms with van der Waals surface area (Å²) < 4.78 is 104. The highest BCUT2D eigenvalue weighted by molar-refractivity contribution is 7.23. The fourth-order valence-electron chi connectivity index (χ4n) is 8.85. The number of nitrogen functional groups attached to an aromatic ring is 1. The molecule has 5 unspecified atom stereocenters. The number of ether oxygens (including phenoxy) is 2. The highest BCUT2D eigenvalue weighted by Gasteiger charge is 2.50. The van der Waals surface area contributed by atoms with E-state index in [0.717, 1.165) is 24.6 Å². The quantitative estimate of drug-likeness (QED) is 0.192. The molecule has 4 saturated heterocycles. The Morgan fingerprint density at radius 3 is 2.72 bits per heavy atom. The summed E-state index contributed by atoms with van der Waals surface area (Å²) in [5.74, 6) is -2.41. The topological polar surface area (TPSA) is 121 Å². The molecule has 2 aromatic heterocycles. The maximum atomic E-state index is 17.3. The fourth-order valence-corrected chi connectivity index (χ4v) is 9.80. The van der Waals surface area contributed by atoms with Crippen molar-refractivity contribution in [1.29, 1.82) is 5.26 Å². The molecule has 0 aliphatic carbocycles. The van der Waals surface area contributed by atoms with Gasteiger partial charge in [-0.1, -0.05) is 6.07 Å². The summed E-state index contributed by atoms with van der Waals surface area (Å²) >= 11 is 0.680. The average molecular weight is 774 g/mol. The number of likely N-dealkylation sites (N-methyl/N-ethyl adjacent to an activating group) is 1.